The summed E-state index contributed by atoms with van der Waals surface area (Å²) in [5, 5.41) is 0.0234. The van der Waals surface area contributed by atoms with Crippen molar-refractivity contribution >= 4 is 21.4 Å². The number of rotatable bonds is 3. The van der Waals surface area contributed by atoms with E-state index in [9.17, 15) is 8.42 Å². The van der Waals surface area contributed by atoms with Crippen LogP contribution in [0.3, 0.4) is 0 Å². The van der Waals surface area contributed by atoms with Gasteiger partial charge in [-0.25, -0.2) is 8.42 Å². The Morgan fingerprint density at radius 2 is 1.88 bits per heavy atom. The van der Waals surface area contributed by atoms with Crippen LogP contribution in [0.2, 0.25) is 0 Å². The summed E-state index contributed by atoms with van der Waals surface area (Å²) in [5.74, 6) is 0.299. The van der Waals surface area contributed by atoms with Crippen molar-refractivity contribution in [2.75, 3.05) is 5.75 Å². The molecule has 2 nitrogen and oxygen atoms in total. The largest absolute Gasteiger partial charge is 0.224 e. The van der Waals surface area contributed by atoms with Gasteiger partial charge < -0.3 is 0 Å². The molecule has 1 aliphatic rings. The van der Waals surface area contributed by atoms with Crippen molar-refractivity contribution in [1.29, 1.82) is 0 Å². The Hall–Kier alpha value is -0.540. The second kappa shape index (κ2) is 4.99. The first-order chi connectivity index (χ1) is 7.99. The SMILES string of the molecule is Cc1ccc(S(=O)(=O)CC2CCCC2Cl)cc1. The maximum atomic E-state index is 12.2. The summed E-state index contributed by atoms with van der Waals surface area (Å²) in [6.45, 7) is 1.95. The molecule has 2 rings (SSSR count). The first-order valence-corrected chi connectivity index (χ1v) is 8.01. The maximum absolute atomic E-state index is 12.2. The van der Waals surface area contributed by atoms with Gasteiger partial charge in [0.2, 0.25) is 0 Å². The van der Waals surface area contributed by atoms with Crippen molar-refractivity contribution in [3.05, 3.63) is 29.8 Å². The number of benzene rings is 1. The van der Waals surface area contributed by atoms with Crippen LogP contribution in [0.4, 0.5) is 0 Å². The van der Waals surface area contributed by atoms with Gasteiger partial charge in [0.15, 0.2) is 9.84 Å². The zero-order valence-corrected chi connectivity index (χ0v) is 11.5. The maximum Gasteiger partial charge on any atom is 0.178 e. The first kappa shape index (κ1) is 12.9. The van der Waals surface area contributed by atoms with Gasteiger partial charge in [-0.3, -0.25) is 0 Å². The fourth-order valence-corrected chi connectivity index (χ4v) is 4.48. The summed E-state index contributed by atoms with van der Waals surface area (Å²) < 4.78 is 24.4. The molecule has 17 heavy (non-hydrogen) atoms. The monoisotopic (exact) mass is 272 g/mol. The smallest absolute Gasteiger partial charge is 0.178 e. The van der Waals surface area contributed by atoms with E-state index < -0.39 is 9.84 Å². The Morgan fingerprint density at radius 3 is 2.41 bits per heavy atom. The predicted octanol–water partition coefficient (Wildman–Crippen LogP) is 3.18. The van der Waals surface area contributed by atoms with E-state index in [0.717, 1.165) is 24.8 Å². The lowest BCUT2D eigenvalue weighted by molar-refractivity contribution is 0.561. The molecular formula is C13H17ClO2S. The molecule has 0 saturated heterocycles. The summed E-state index contributed by atoms with van der Waals surface area (Å²) in [5.41, 5.74) is 1.07. The highest BCUT2D eigenvalue weighted by Gasteiger charge is 2.30. The standard InChI is InChI=1S/C13H17ClO2S/c1-10-5-7-12(8-6-10)17(15,16)9-11-3-2-4-13(11)14/h5-8,11,13H,2-4,9H2,1H3. The van der Waals surface area contributed by atoms with Crippen molar-refractivity contribution < 1.29 is 8.42 Å². The molecule has 1 aliphatic carbocycles. The van der Waals surface area contributed by atoms with E-state index in [2.05, 4.69) is 0 Å². The Labute approximate surface area is 108 Å². The molecule has 1 aromatic carbocycles. The highest BCUT2D eigenvalue weighted by Crippen LogP contribution is 2.32. The zero-order valence-electron chi connectivity index (χ0n) is 9.90. The van der Waals surface area contributed by atoms with E-state index in [4.69, 9.17) is 11.6 Å². The lowest BCUT2D eigenvalue weighted by Gasteiger charge is -2.13. The molecule has 2 unspecified atom stereocenters. The van der Waals surface area contributed by atoms with Crippen LogP contribution in [0.1, 0.15) is 24.8 Å². The average Bonchev–Trinajstić information content (AvgIpc) is 2.64. The highest BCUT2D eigenvalue weighted by atomic mass is 35.5. The molecule has 0 heterocycles. The number of hydrogen-bond donors (Lipinski definition) is 0. The highest BCUT2D eigenvalue weighted by molar-refractivity contribution is 7.91. The molecular weight excluding hydrogens is 256 g/mol. The third-order valence-electron chi connectivity index (χ3n) is 3.38. The van der Waals surface area contributed by atoms with Crippen LogP contribution in [0.25, 0.3) is 0 Å². The van der Waals surface area contributed by atoms with Crippen molar-refractivity contribution in [3.8, 4) is 0 Å². The van der Waals surface area contributed by atoms with Crippen molar-refractivity contribution in [3.63, 3.8) is 0 Å². The van der Waals surface area contributed by atoms with E-state index in [1.165, 1.54) is 0 Å². The van der Waals surface area contributed by atoms with Crippen LogP contribution in [0.15, 0.2) is 29.2 Å². The third-order valence-corrected chi connectivity index (χ3v) is 5.81. The van der Waals surface area contributed by atoms with E-state index in [0.29, 0.717) is 4.90 Å². The summed E-state index contributed by atoms with van der Waals surface area (Å²) in [7, 11) is -3.18. The summed E-state index contributed by atoms with van der Waals surface area (Å²) >= 11 is 6.13. The second-order valence-electron chi connectivity index (χ2n) is 4.80. The molecule has 0 bridgehead atoms. The molecule has 0 radical (unpaired) electrons. The minimum absolute atomic E-state index is 0.0234. The summed E-state index contributed by atoms with van der Waals surface area (Å²) in [4.78, 5) is 0.416. The number of aryl methyl sites for hydroxylation is 1. The molecule has 0 N–H and O–H groups in total. The van der Waals surface area contributed by atoms with Crippen molar-refractivity contribution in [2.24, 2.45) is 5.92 Å². The molecule has 0 amide bonds. The van der Waals surface area contributed by atoms with Crippen molar-refractivity contribution in [1.82, 2.24) is 0 Å². The fourth-order valence-electron chi connectivity index (χ4n) is 2.30. The first-order valence-electron chi connectivity index (χ1n) is 5.92. The van der Waals surface area contributed by atoms with Gasteiger partial charge in [-0.05, 0) is 37.8 Å². The third kappa shape index (κ3) is 3.02. The lowest BCUT2D eigenvalue weighted by Crippen LogP contribution is -2.20. The quantitative estimate of drug-likeness (QED) is 0.792. The molecule has 0 aliphatic heterocycles. The van der Waals surface area contributed by atoms with Crippen LogP contribution in [0, 0.1) is 12.8 Å². The van der Waals surface area contributed by atoms with Crippen molar-refractivity contribution in [2.45, 2.75) is 36.5 Å². The van der Waals surface area contributed by atoms with Crippen LogP contribution >= 0.6 is 11.6 Å². The van der Waals surface area contributed by atoms with Gasteiger partial charge in [-0.1, -0.05) is 24.1 Å². The van der Waals surface area contributed by atoms with Crippen LogP contribution in [0.5, 0.6) is 0 Å². The Balaban J connectivity index is 2.16. The molecule has 2 atom stereocenters. The van der Waals surface area contributed by atoms with Gasteiger partial charge in [0.05, 0.1) is 10.6 Å². The Morgan fingerprint density at radius 1 is 1.24 bits per heavy atom. The molecule has 1 saturated carbocycles. The topological polar surface area (TPSA) is 34.1 Å². The van der Waals surface area contributed by atoms with Crippen LogP contribution < -0.4 is 0 Å². The predicted molar refractivity (Wildman–Crippen MR) is 70.2 cm³/mol. The normalized spacial score (nSPS) is 25.1. The van der Waals surface area contributed by atoms with Gasteiger partial charge in [0.1, 0.15) is 0 Å². The van der Waals surface area contributed by atoms with Crippen LogP contribution in [-0.2, 0) is 9.84 Å². The van der Waals surface area contributed by atoms with Crippen LogP contribution in [-0.4, -0.2) is 19.5 Å². The molecule has 0 aromatic heterocycles. The van der Waals surface area contributed by atoms with Gasteiger partial charge in [-0.15, -0.1) is 11.6 Å². The number of alkyl halides is 1. The molecule has 1 fully saturated rings. The molecule has 94 valence electrons. The van der Waals surface area contributed by atoms with E-state index in [1.54, 1.807) is 12.1 Å². The Bertz CT molecular complexity index is 479. The fraction of sp³-hybridized carbons (Fsp3) is 0.538. The number of hydrogen-bond acceptors (Lipinski definition) is 2. The lowest BCUT2D eigenvalue weighted by atomic mass is 10.1. The van der Waals surface area contributed by atoms with E-state index in [-0.39, 0.29) is 17.0 Å². The Kier molecular flexibility index (Phi) is 3.79. The second-order valence-corrected chi connectivity index (χ2v) is 7.40. The molecule has 0 spiro atoms. The van der Waals surface area contributed by atoms with Gasteiger partial charge in [0, 0.05) is 5.38 Å². The minimum Gasteiger partial charge on any atom is -0.224 e. The minimum atomic E-state index is -3.18. The average molecular weight is 273 g/mol. The molecule has 4 heteroatoms. The van der Waals surface area contributed by atoms with E-state index in [1.807, 2.05) is 19.1 Å². The summed E-state index contributed by atoms with van der Waals surface area (Å²) in [6, 6.07) is 7.03. The number of halogens is 1. The molecule has 1 aromatic rings. The summed E-state index contributed by atoms with van der Waals surface area (Å²) in [6.07, 6.45) is 2.91. The van der Waals surface area contributed by atoms with Gasteiger partial charge in [-0.2, -0.15) is 0 Å². The zero-order chi connectivity index (χ0) is 12.5. The van der Waals surface area contributed by atoms with Gasteiger partial charge >= 0.3 is 0 Å². The van der Waals surface area contributed by atoms with E-state index >= 15 is 0 Å². The van der Waals surface area contributed by atoms with Gasteiger partial charge in [0.25, 0.3) is 0 Å². The number of sulfone groups is 1.